The van der Waals surface area contributed by atoms with Gasteiger partial charge in [-0.1, -0.05) is 6.07 Å². The molecular weight excluding hydrogens is 214 g/mol. The molecule has 0 radical (unpaired) electrons. The fraction of sp³-hybridized carbons (Fsp3) is 0.538. The third kappa shape index (κ3) is 2.82. The quantitative estimate of drug-likeness (QED) is 0.830. The highest BCUT2D eigenvalue weighted by Gasteiger charge is 2.24. The van der Waals surface area contributed by atoms with Crippen LogP contribution < -0.4 is 5.73 Å². The molecule has 1 aromatic heterocycles. The minimum Gasteiger partial charge on any atom is -0.341 e. The Morgan fingerprint density at radius 3 is 3.12 bits per heavy atom. The van der Waals surface area contributed by atoms with Crippen molar-refractivity contribution in [1.82, 2.24) is 9.88 Å². The molecule has 1 saturated heterocycles. The largest absolute Gasteiger partial charge is 0.341 e. The van der Waals surface area contributed by atoms with Crippen LogP contribution in [-0.4, -0.2) is 35.4 Å². The zero-order valence-electron chi connectivity index (χ0n) is 10.2. The van der Waals surface area contributed by atoms with Crippen molar-refractivity contribution < 1.29 is 4.79 Å². The molecule has 1 aliphatic rings. The number of nitrogens with zero attached hydrogens (tertiary/aromatic N) is 2. The fourth-order valence-electron chi connectivity index (χ4n) is 2.37. The first-order chi connectivity index (χ1) is 8.20. The number of pyridine rings is 1. The Kier molecular flexibility index (Phi) is 3.74. The van der Waals surface area contributed by atoms with E-state index in [-0.39, 0.29) is 12.5 Å². The van der Waals surface area contributed by atoms with Crippen LogP contribution in [0.5, 0.6) is 0 Å². The molecular formula is C13H19N3O. The van der Waals surface area contributed by atoms with Gasteiger partial charge in [-0.15, -0.1) is 0 Å². The normalized spacial score (nSPS) is 20.4. The van der Waals surface area contributed by atoms with Crippen molar-refractivity contribution in [2.24, 2.45) is 5.73 Å². The number of amides is 1. The van der Waals surface area contributed by atoms with Gasteiger partial charge < -0.3 is 10.6 Å². The van der Waals surface area contributed by atoms with Gasteiger partial charge in [0.05, 0.1) is 6.54 Å². The first kappa shape index (κ1) is 12.0. The Morgan fingerprint density at radius 1 is 1.59 bits per heavy atom. The highest BCUT2D eigenvalue weighted by Crippen LogP contribution is 2.25. The molecule has 0 saturated carbocycles. The van der Waals surface area contributed by atoms with Gasteiger partial charge in [-0.05, 0) is 31.9 Å². The summed E-state index contributed by atoms with van der Waals surface area (Å²) in [7, 11) is 0. The number of nitrogens with two attached hydrogens (primary N) is 1. The molecule has 4 nitrogen and oxygen atoms in total. The van der Waals surface area contributed by atoms with E-state index in [1.54, 1.807) is 0 Å². The lowest BCUT2D eigenvalue weighted by molar-refractivity contribution is -0.130. The SMILES string of the molecule is Cc1cccc(C2CCCN(C(=O)CN)C2)n1. The summed E-state index contributed by atoms with van der Waals surface area (Å²) in [6.07, 6.45) is 2.14. The second kappa shape index (κ2) is 5.27. The highest BCUT2D eigenvalue weighted by atomic mass is 16.2. The van der Waals surface area contributed by atoms with E-state index in [1.165, 1.54) is 0 Å². The molecule has 2 N–H and O–H groups in total. The Morgan fingerprint density at radius 2 is 2.41 bits per heavy atom. The van der Waals surface area contributed by atoms with Crippen molar-refractivity contribution in [3.05, 3.63) is 29.6 Å². The van der Waals surface area contributed by atoms with E-state index in [9.17, 15) is 4.79 Å². The molecule has 4 heteroatoms. The van der Waals surface area contributed by atoms with E-state index in [2.05, 4.69) is 4.98 Å². The Hall–Kier alpha value is -1.42. The highest BCUT2D eigenvalue weighted by molar-refractivity contribution is 5.78. The molecule has 17 heavy (non-hydrogen) atoms. The molecule has 0 spiro atoms. The first-order valence-electron chi connectivity index (χ1n) is 6.12. The Labute approximate surface area is 102 Å². The maximum Gasteiger partial charge on any atom is 0.236 e. The lowest BCUT2D eigenvalue weighted by atomic mass is 9.94. The number of rotatable bonds is 2. The zero-order chi connectivity index (χ0) is 12.3. The average molecular weight is 233 g/mol. The van der Waals surface area contributed by atoms with E-state index in [4.69, 9.17) is 5.73 Å². The van der Waals surface area contributed by atoms with Crippen LogP contribution in [0.4, 0.5) is 0 Å². The number of piperidine rings is 1. The standard InChI is InChI=1S/C13H19N3O/c1-10-4-2-6-12(15-10)11-5-3-7-16(9-11)13(17)8-14/h2,4,6,11H,3,5,7-9,14H2,1H3. The van der Waals surface area contributed by atoms with Crippen molar-refractivity contribution in [2.45, 2.75) is 25.7 Å². The Balaban J connectivity index is 2.09. The molecule has 92 valence electrons. The summed E-state index contributed by atoms with van der Waals surface area (Å²) in [5.74, 6) is 0.404. The van der Waals surface area contributed by atoms with Crippen LogP contribution >= 0.6 is 0 Å². The Bertz CT molecular complexity index is 405. The summed E-state index contributed by atoms with van der Waals surface area (Å²) in [4.78, 5) is 18.0. The molecule has 0 aliphatic carbocycles. The number of carbonyl (C=O) groups excluding carboxylic acids is 1. The fourth-order valence-corrected chi connectivity index (χ4v) is 2.37. The summed E-state index contributed by atoms with van der Waals surface area (Å²) in [5.41, 5.74) is 7.53. The summed E-state index contributed by atoms with van der Waals surface area (Å²) < 4.78 is 0. The monoisotopic (exact) mass is 233 g/mol. The smallest absolute Gasteiger partial charge is 0.236 e. The van der Waals surface area contributed by atoms with Crippen LogP contribution in [0.1, 0.15) is 30.1 Å². The van der Waals surface area contributed by atoms with Crippen molar-refractivity contribution in [1.29, 1.82) is 0 Å². The van der Waals surface area contributed by atoms with E-state index in [0.29, 0.717) is 5.92 Å². The summed E-state index contributed by atoms with van der Waals surface area (Å²) >= 11 is 0. The van der Waals surface area contributed by atoms with Gasteiger partial charge >= 0.3 is 0 Å². The number of hydrogen-bond acceptors (Lipinski definition) is 3. The minimum absolute atomic E-state index is 0.0438. The molecule has 2 rings (SSSR count). The summed E-state index contributed by atoms with van der Waals surface area (Å²) in [5, 5.41) is 0. The van der Waals surface area contributed by atoms with Gasteiger partial charge in [0.15, 0.2) is 0 Å². The van der Waals surface area contributed by atoms with Gasteiger partial charge in [-0.25, -0.2) is 0 Å². The van der Waals surface area contributed by atoms with E-state index >= 15 is 0 Å². The zero-order valence-corrected chi connectivity index (χ0v) is 10.2. The van der Waals surface area contributed by atoms with Gasteiger partial charge in [0.1, 0.15) is 0 Å². The molecule has 1 aromatic rings. The van der Waals surface area contributed by atoms with Crippen molar-refractivity contribution in [3.63, 3.8) is 0 Å². The van der Waals surface area contributed by atoms with Gasteiger partial charge in [0.2, 0.25) is 5.91 Å². The van der Waals surface area contributed by atoms with Crippen LogP contribution in [0.2, 0.25) is 0 Å². The average Bonchev–Trinajstić information content (AvgIpc) is 2.38. The summed E-state index contributed by atoms with van der Waals surface area (Å²) in [6.45, 7) is 3.69. The lowest BCUT2D eigenvalue weighted by Crippen LogP contribution is -2.42. The maximum atomic E-state index is 11.6. The molecule has 1 unspecified atom stereocenters. The minimum atomic E-state index is 0.0438. The van der Waals surface area contributed by atoms with Gasteiger partial charge in [0, 0.05) is 30.4 Å². The molecule has 0 aromatic carbocycles. The van der Waals surface area contributed by atoms with Gasteiger partial charge in [-0.2, -0.15) is 0 Å². The second-order valence-electron chi connectivity index (χ2n) is 4.59. The molecule has 1 amide bonds. The number of carbonyl (C=O) groups is 1. The van der Waals surface area contributed by atoms with Crippen molar-refractivity contribution in [2.75, 3.05) is 19.6 Å². The van der Waals surface area contributed by atoms with Crippen LogP contribution in [0.3, 0.4) is 0 Å². The van der Waals surface area contributed by atoms with E-state index in [0.717, 1.165) is 37.3 Å². The molecule has 1 atom stereocenters. The maximum absolute atomic E-state index is 11.6. The number of aromatic nitrogens is 1. The third-order valence-corrected chi connectivity index (χ3v) is 3.28. The predicted molar refractivity (Wildman–Crippen MR) is 66.6 cm³/mol. The first-order valence-corrected chi connectivity index (χ1v) is 6.12. The lowest BCUT2D eigenvalue weighted by Gasteiger charge is -2.32. The molecule has 2 heterocycles. The van der Waals surface area contributed by atoms with Crippen molar-refractivity contribution in [3.8, 4) is 0 Å². The molecule has 1 aliphatic heterocycles. The number of likely N-dealkylation sites (tertiary alicyclic amines) is 1. The number of aryl methyl sites for hydroxylation is 1. The second-order valence-corrected chi connectivity index (χ2v) is 4.59. The third-order valence-electron chi connectivity index (χ3n) is 3.28. The van der Waals surface area contributed by atoms with Gasteiger partial charge in [-0.3, -0.25) is 9.78 Å². The van der Waals surface area contributed by atoms with E-state index in [1.807, 2.05) is 30.0 Å². The predicted octanol–water partition coefficient (Wildman–Crippen LogP) is 1.05. The van der Waals surface area contributed by atoms with Crippen LogP contribution in [0, 0.1) is 6.92 Å². The molecule has 0 bridgehead atoms. The van der Waals surface area contributed by atoms with Gasteiger partial charge in [0.25, 0.3) is 0 Å². The number of hydrogen-bond donors (Lipinski definition) is 1. The van der Waals surface area contributed by atoms with Crippen LogP contribution in [-0.2, 0) is 4.79 Å². The van der Waals surface area contributed by atoms with Crippen molar-refractivity contribution >= 4 is 5.91 Å². The summed E-state index contributed by atoms with van der Waals surface area (Å²) in [6, 6.07) is 6.07. The van der Waals surface area contributed by atoms with Crippen LogP contribution in [0.25, 0.3) is 0 Å². The molecule has 1 fully saturated rings. The van der Waals surface area contributed by atoms with Crippen LogP contribution in [0.15, 0.2) is 18.2 Å². The topological polar surface area (TPSA) is 59.2 Å². The van der Waals surface area contributed by atoms with E-state index < -0.39 is 0 Å².